The maximum Gasteiger partial charge on any atom is 0.231 e. The fourth-order valence-electron chi connectivity index (χ4n) is 3.14. The molecule has 2 aromatic carbocycles. The molecule has 6 N–H and O–H groups in total. The second kappa shape index (κ2) is 7.59. The number of hydrogen-bond acceptors (Lipinski definition) is 10. The lowest BCUT2D eigenvalue weighted by Crippen LogP contribution is -2.59. The van der Waals surface area contributed by atoms with Gasteiger partial charge in [-0.3, -0.25) is 4.79 Å². The predicted octanol–water partition coefficient (Wildman–Crippen LogP) is 0.00740. The molecule has 0 radical (unpaired) electrons. The van der Waals surface area contributed by atoms with E-state index in [1.807, 2.05) is 0 Å². The number of phenols is 2. The first-order valence-electron chi connectivity index (χ1n) is 8.89. The highest BCUT2D eigenvalue weighted by Crippen LogP contribution is 2.33. The largest absolute Gasteiger partial charge is 0.508 e. The molecule has 1 fully saturated rings. The summed E-state index contributed by atoms with van der Waals surface area (Å²) in [6.45, 7) is 0. The number of hydrogen-bond donors (Lipinski definition) is 6. The van der Waals surface area contributed by atoms with Crippen LogP contribution in [0.2, 0.25) is 0 Å². The number of aliphatic hydroxyl groups excluding tert-OH is 4. The Kier molecular flexibility index (Phi) is 5.10. The van der Waals surface area contributed by atoms with Gasteiger partial charge in [0.15, 0.2) is 11.7 Å². The van der Waals surface area contributed by atoms with Gasteiger partial charge in [-0.25, -0.2) is 0 Å². The highest BCUT2D eigenvalue weighted by molar-refractivity contribution is 5.86. The van der Waals surface area contributed by atoms with E-state index in [0.717, 1.165) is 6.07 Å². The van der Waals surface area contributed by atoms with E-state index in [4.69, 9.17) is 13.9 Å². The van der Waals surface area contributed by atoms with Crippen molar-refractivity contribution < 1.29 is 44.5 Å². The van der Waals surface area contributed by atoms with Crippen molar-refractivity contribution in [2.45, 2.75) is 30.9 Å². The van der Waals surface area contributed by atoms with Crippen LogP contribution < -0.4 is 10.2 Å². The molecular formula is C20H18O10. The Labute approximate surface area is 168 Å². The number of benzene rings is 2. The molecule has 2 heterocycles. The van der Waals surface area contributed by atoms with Gasteiger partial charge in [0.2, 0.25) is 6.29 Å². The van der Waals surface area contributed by atoms with Crippen molar-refractivity contribution in [1.82, 2.24) is 0 Å². The van der Waals surface area contributed by atoms with Gasteiger partial charge >= 0.3 is 0 Å². The highest BCUT2D eigenvalue weighted by Gasteiger charge is 2.44. The quantitative estimate of drug-likeness (QED) is 0.340. The monoisotopic (exact) mass is 418 g/mol. The van der Waals surface area contributed by atoms with E-state index in [9.17, 15) is 35.4 Å². The molecule has 30 heavy (non-hydrogen) atoms. The van der Waals surface area contributed by atoms with E-state index in [2.05, 4.69) is 0 Å². The maximum atomic E-state index is 12.5. The summed E-state index contributed by atoms with van der Waals surface area (Å²) in [5, 5.41) is 58.5. The van der Waals surface area contributed by atoms with Crippen molar-refractivity contribution in [3.05, 3.63) is 52.7 Å². The van der Waals surface area contributed by atoms with Crippen molar-refractivity contribution in [3.63, 3.8) is 0 Å². The zero-order chi connectivity index (χ0) is 21.6. The van der Waals surface area contributed by atoms with Gasteiger partial charge in [-0.05, 0) is 24.3 Å². The van der Waals surface area contributed by atoms with Gasteiger partial charge in [-0.1, -0.05) is 0 Å². The Morgan fingerprint density at radius 3 is 2.27 bits per heavy atom. The first-order valence-corrected chi connectivity index (χ1v) is 8.89. The number of aliphatic hydroxyl groups is 4. The molecule has 4 rings (SSSR count). The molecule has 0 aliphatic carbocycles. The second-order valence-electron chi connectivity index (χ2n) is 6.82. The molecule has 1 aliphatic heterocycles. The van der Waals surface area contributed by atoms with Crippen molar-refractivity contribution in [3.8, 4) is 28.6 Å². The molecule has 5 atom stereocenters. The van der Waals surface area contributed by atoms with Gasteiger partial charge in [0.25, 0.3) is 0 Å². The van der Waals surface area contributed by atoms with Crippen LogP contribution in [0.1, 0.15) is 0 Å². The lowest BCUT2D eigenvalue weighted by atomic mass is 10.0. The fourth-order valence-corrected chi connectivity index (χ4v) is 3.14. The van der Waals surface area contributed by atoms with E-state index in [0.29, 0.717) is 5.56 Å². The van der Waals surface area contributed by atoms with E-state index in [-0.39, 0.29) is 28.2 Å². The van der Waals surface area contributed by atoms with Gasteiger partial charge < -0.3 is 44.5 Å². The molecule has 3 aromatic rings. The Morgan fingerprint density at radius 1 is 0.867 bits per heavy atom. The van der Waals surface area contributed by atoms with E-state index >= 15 is 0 Å². The van der Waals surface area contributed by atoms with Crippen molar-refractivity contribution in [2.75, 3.05) is 0 Å². The van der Waals surface area contributed by atoms with Gasteiger partial charge in [0.1, 0.15) is 52.3 Å². The minimum absolute atomic E-state index is 0.0352. The molecule has 10 heteroatoms. The summed E-state index contributed by atoms with van der Waals surface area (Å²) in [6.07, 6.45) is -8.53. The molecule has 1 aromatic heterocycles. The topological polar surface area (TPSA) is 170 Å². The second-order valence-corrected chi connectivity index (χ2v) is 6.82. The van der Waals surface area contributed by atoms with Crippen molar-refractivity contribution in [2.24, 2.45) is 0 Å². The average Bonchev–Trinajstić information content (AvgIpc) is 2.70. The number of fused-ring (bicyclic) bond motifs is 1. The molecule has 1 aliphatic rings. The fraction of sp³-hybridized carbons (Fsp3) is 0.250. The standard InChI is InChI=1S/C20H18O10/c21-9-3-1-8(2-4-9)13-7-12(23)15-11(22)5-10(6-14(15)29-13)28-20-18(26)16(24)17(25)19(27)30-20/h1-7,16-22,24-27H. The van der Waals surface area contributed by atoms with Gasteiger partial charge in [-0.2, -0.15) is 0 Å². The summed E-state index contributed by atoms with van der Waals surface area (Å²) in [7, 11) is 0. The van der Waals surface area contributed by atoms with Crippen LogP contribution in [0.4, 0.5) is 0 Å². The van der Waals surface area contributed by atoms with E-state index < -0.39 is 42.1 Å². The smallest absolute Gasteiger partial charge is 0.231 e. The van der Waals surface area contributed by atoms with Crippen LogP contribution in [-0.2, 0) is 4.74 Å². The minimum atomic E-state index is -1.80. The Morgan fingerprint density at radius 2 is 1.57 bits per heavy atom. The number of aromatic hydroxyl groups is 2. The predicted molar refractivity (Wildman–Crippen MR) is 101 cm³/mol. The Hall–Kier alpha value is -3.15. The van der Waals surface area contributed by atoms with Gasteiger partial charge in [-0.15, -0.1) is 0 Å². The van der Waals surface area contributed by atoms with Crippen LogP contribution >= 0.6 is 0 Å². The van der Waals surface area contributed by atoms with Crippen molar-refractivity contribution in [1.29, 1.82) is 0 Å². The number of ether oxygens (including phenoxy) is 2. The first-order chi connectivity index (χ1) is 14.2. The molecule has 158 valence electrons. The lowest BCUT2D eigenvalue weighted by molar-refractivity contribution is -0.321. The van der Waals surface area contributed by atoms with Crippen LogP contribution in [0.5, 0.6) is 17.2 Å². The highest BCUT2D eigenvalue weighted by atomic mass is 16.7. The Bertz CT molecular complexity index is 1120. The van der Waals surface area contributed by atoms with Gasteiger partial charge in [0.05, 0.1) is 0 Å². The average molecular weight is 418 g/mol. The first kappa shape index (κ1) is 20.1. The molecule has 0 saturated carbocycles. The normalized spacial score (nSPS) is 26.6. The summed E-state index contributed by atoms with van der Waals surface area (Å²) in [4.78, 5) is 12.5. The summed E-state index contributed by atoms with van der Waals surface area (Å²) in [6, 6.07) is 9.46. The summed E-state index contributed by atoms with van der Waals surface area (Å²) < 4.78 is 16.0. The number of phenolic OH excluding ortho intramolecular Hbond substituents is 2. The molecule has 0 bridgehead atoms. The third kappa shape index (κ3) is 3.58. The molecule has 0 spiro atoms. The molecular weight excluding hydrogens is 400 g/mol. The molecule has 0 amide bonds. The third-order valence-corrected chi connectivity index (χ3v) is 4.73. The van der Waals surface area contributed by atoms with Crippen LogP contribution in [0.25, 0.3) is 22.3 Å². The molecule has 5 unspecified atom stereocenters. The number of rotatable bonds is 3. The maximum absolute atomic E-state index is 12.5. The summed E-state index contributed by atoms with van der Waals surface area (Å²) in [5.41, 5.74) is -0.0535. The van der Waals surface area contributed by atoms with Crippen LogP contribution in [0.15, 0.2) is 51.7 Å². The van der Waals surface area contributed by atoms with E-state index in [1.54, 1.807) is 12.1 Å². The SMILES string of the molecule is O=c1cc(-c2ccc(O)cc2)oc2cc(OC3OC(O)C(O)C(O)C3O)cc(O)c12. The molecule has 1 saturated heterocycles. The minimum Gasteiger partial charge on any atom is -0.508 e. The third-order valence-electron chi connectivity index (χ3n) is 4.73. The lowest BCUT2D eigenvalue weighted by Gasteiger charge is -2.37. The summed E-state index contributed by atoms with van der Waals surface area (Å²) in [5.74, 6) is -0.339. The summed E-state index contributed by atoms with van der Waals surface area (Å²) >= 11 is 0. The van der Waals surface area contributed by atoms with Crippen LogP contribution in [0.3, 0.4) is 0 Å². The van der Waals surface area contributed by atoms with E-state index in [1.165, 1.54) is 24.3 Å². The van der Waals surface area contributed by atoms with Crippen LogP contribution in [0, 0.1) is 0 Å². The van der Waals surface area contributed by atoms with Crippen LogP contribution in [-0.4, -0.2) is 61.5 Å². The van der Waals surface area contributed by atoms with Gasteiger partial charge in [0, 0.05) is 23.8 Å². The molecule has 10 nitrogen and oxygen atoms in total. The zero-order valence-corrected chi connectivity index (χ0v) is 15.2. The Balaban J connectivity index is 1.72. The van der Waals surface area contributed by atoms with Crippen molar-refractivity contribution >= 4 is 11.0 Å². The zero-order valence-electron chi connectivity index (χ0n) is 15.2.